The van der Waals surface area contributed by atoms with Crippen molar-refractivity contribution in [3.63, 3.8) is 0 Å². The maximum Gasteiger partial charge on any atom is 0.267 e. The topological polar surface area (TPSA) is 89.6 Å². The largest absolute Gasteiger partial charge is 0.381 e. The third kappa shape index (κ3) is 3.92. The molecule has 0 saturated heterocycles. The van der Waals surface area contributed by atoms with Crippen LogP contribution in [0.4, 0.5) is 5.69 Å². The van der Waals surface area contributed by atoms with E-state index >= 15 is 0 Å². The number of rotatable bonds is 5. The molecule has 0 unspecified atom stereocenters. The Kier molecular flexibility index (Phi) is 4.89. The molecule has 0 aliphatic heterocycles. The minimum absolute atomic E-state index is 0.121. The second kappa shape index (κ2) is 7.44. The van der Waals surface area contributed by atoms with Gasteiger partial charge in [0.25, 0.3) is 5.91 Å². The lowest BCUT2D eigenvalue weighted by Gasteiger charge is -2.11. The molecule has 1 aromatic heterocycles. The van der Waals surface area contributed by atoms with Crippen LogP contribution >= 0.6 is 0 Å². The molecule has 3 N–H and O–H groups in total. The highest BCUT2D eigenvalue weighted by atomic mass is 16.6. The molecule has 0 saturated carbocycles. The summed E-state index contributed by atoms with van der Waals surface area (Å²) in [5.41, 5.74) is 7.21. The fourth-order valence-electron chi connectivity index (χ4n) is 2.32. The molecular formula is C19H18N4O2. The van der Waals surface area contributed by atoms with Gasteiger partial charge in [0.1, 0.15) is 5.69 Å². The van der Waals surface area contributed by atoms with Crippen molar-refractivity contribution in [2.75, 3.05) is 5.32 Å². The molecule has 25 heavy (non-hydrogen) atoms. The fourth-order valence-corrected chi connectivity index (χ4v) is 2.32. The van der Waals surface area contributed by atoms with Gasteiger partial charge in [0, 0.05) is 17.3 Å². The summed E-state index contributed by atoms with van der Waals surface area (Å²) in [6.07, 6.45) is 0.861. The van der Waals surface area contributed by atoms with Crippen molar-refractivity contribution in [3.05, 3.63) is 72.6 Å². The van der Waals surface area contributed by atoms with Crippen LogP contribution in [0.3, 0.4) is 0 Å². The van der Waals surface area contributed by atoms with Gasteiger partial charge in [-0.15, -0.1) is 0 Å². The number of nitrogens with zero attached hydrogens (tertiary/aromatic N) is 2. The van der Waals surface area contributed by atoms with Crippen molar-refractivity contribution >= 4 is 28.2 Å². The lowest BCUT2D eigenvalue weighted by atomic mass is 10.1. The number of nitrogens with one attached hydrogen (secondary N) is 1. The lowest BCUT2D eigenvalue weighted by molar-refractivity contribution is -0.126. The highest BCUT2D eigenvalue weighted by Crippen LogP contribution is 2.16. The Morgan fingerprint density at radius 3 is 2.64 bits per heavy atom. The third-order valence-corrected chi connectivity index (χ3v) is 3.64. The van der Waals surface area contributed by atoms with E-state index in [1.54, 1.807) is 25.3 Å². The van der Waals surface area contributed by atoms with Crippen molar-refractivity contribution in [1.82, 2.24) is 4.98 Å². The Labute approximate surface area is 145 Å². The predicted molar refractivity (Wildman–Crippen MR) is 98.1 cm³/mol. The number of carbonyl (C=O) groups excluding carboxylic acids is 1. The van der Waals surface area contributed by atoms with Gasteiger partial charge < -0.3 is 15.9 Å². The molecule has 0 bridgehead atoms. The fraction of sp³-hybridized carbons (Fsp3) is 0.105. The van der Waals surface area contributed by atoms with Crippen molar-refractivity contribution in [3.8, 4) is 0 Å². The molecule has 0 fully saturated rings. The van der Waals surface area contributed by atoms with E-state index in [0.717, 1.165) is 10.8 Å². The molecular weight excluding hydrogens is 316 g/mol. The standard InChI is InChI=1S/C19H18N4O2/c1-13(19(24)22-15-8-3-2-4-9-15)25-23-18(20)17-16-10-6-5-7-14(16)11-12-21-17/h2-13H,1H3,(H2,20,23)(H,22,24)/t13-/m1/s1. The van der Waals surface area contributed by atoms with Gasteiger partial charge in [0.2, 0.25) is 6.10 Å². The first kappa shape index (κ1) is 16.4. The van der Waals surface area contributed by atoms with Crippen molar-refractivity contribution in [1.29, 1.82) is 0 Å². The Bertz CT molecular complexity index is 904. The number of carbonyl (C=O) groups is 1. The van der Waals surface area contributed by atoms with Crippen LogP contribution in [0.15, 0.2) is 72.0 Å². The molecule has 1 heterocycles. The summed E-state index contributed by atoms with van der Waals surface area (Å²) in [5, 5.41) is 8.50. The monoisotopic (exact) mass is 334 g/mol. The Morgan fingerprint density at radius 1 is 1.12 bits per heavy atom. The van der Waals surface area contributed by atoms with Gasteiger partial charge in [0.05, 0.1) is 0 Å². The van der Waals surface area contributed by atoms with E-state index in [9.17, 15) is 4.79 Å². The van der Waals surface area contributed by atoms with Gasteiger partial charge in [-0.1, -0.05) is 47.6 Å². The smallest absolute Gasteiger partial charge is 0.267 e. The number of amides is 1. The summed E-state index contributed by atoms with van der Waals surface area (Å²) < 4.78 is 0. The number of aromatic nitrogens is 1. The maximum atomic E-state index is 12.1. The van der Waals surface area contributed by atoms with Crippen molar-refractivity contribution in [2.45, 2.75) is 13.0 Å². The minimum Gasteiger partial charge on any atom is -0.381 e. The second-order valence-electron chi connectivity index (χ2n) is 5.46. The SMILES string of the molecule is C[C@@H](O/N=C(\N)c1nccc2ccccc12)C(=O)Nc1ccccc1. The van der Waals surface area contributed by atoms with Crippen LogP contribution < -0.4 is 11.1 Å². The molecule has 3 aromatic rings. The number of para-hydroxylation sites is 1. The van der Waals surface area contributed by atoms with Crippen LogP contribution in [0.1, 0.15) is 12.6 Å². The Hall–Kier alpha value is -3.41. The normalized spacial score (nSPS) is 12.6. The Morgan fingerprint density at radius 2 is 1.84 bits per heavy atom. The summed E-state index contributed by atoms with van der Waals surface area (Å²) in [4.78, 5) is 21.6. The van der Waals surface area contributed by atoms with Gasteiger partial charge in [-0.25, -0.2) is 0 Å². The molecule has 0 spiro atoms. The van der Waals surface area contributed by atoms with Crippen LogP contribution in [-0.4, -0.2) is 22.8 Å². The van der Waals surface area contributed by atoms with Crippen molar-refractivity contribution in [2.24, 2.45) is 10.9 Å². The lowest BCUT2D eigenvalue weighted by Crippen LogP contribution is -2.27. The zero-order chi connectivity index (χ0) is 17.6. The van der Waals surface area contributed by atoms with Crippen LogP contribution in [0.2, 0.25) is 0 Å². The molecule has 0 radical (unpaired) electrons. The average molecular weight is 334 g/mol. The number of hydrogen-bond donors (Lipinski definition) is 2. The van der Waals surface area contributed by atoms with Gasteiger partial charge >= 0.3 is 0 Å². The second-order valence-corrected chi connectivity index (χ2v) is 5.46. The van der Waals surface area contributed by atoms with Crippen LogP contribution in [0, 0.1) is 0 Å². The van der Waals surface area contributed by atoms with E-state index in [1.165, 1.54) is 0 Å². The molecule has 1 atom stereocenters. The quantitative estimate of drug-likeness (QED) is 0.426. The molecule has 6 nitrogen and oxygen atoms in total. The molecule has 0 aliphatic rings. The highest BCUT2D eigenvalue weighted by molar-refractivity contribution is 6.07. The molecule has 2 aromatic carbocycles. The van der Waals surface area contributed by atoms with Gasteiger partial charge in [-0.3, -0.25) is 9.78 Å². The first-order chi connectivity index (χ1) is 12.1. The van der Waals surface area contributed by atoms with Crippen molar-refractivity contribution < 1.29 is 9.63 Å². The molecule has 6 heteroatoms. The average Bonchev–Trinajstić information content (AvgIpc) is 2.66. The highest BCUT2D eigenvalue weighted by Gasteiger charge is 2.15. The Balaban J connectivity index is 1.71. The first-order valence-electron chi connectivity index (χ1n) is 7.84. The first-order valence-corrected chi connectivity index (χ1v) is 7.84. The summed E-state index contributed by atoms with van der Waals surface area (Å²) in [7, 11) is 0. The van der Waals surface area contributed by atoms with E-state index in [0.29, 0.717) is 11.4 Å². The van der Waals surface area contributed by atoms with Gasteiger partial charge in [-0.2, -0.15) is 0 Å². The van der Waals surface area contributed by atoms with E-state index in [2.05, 4.69) is 15.5 Å². The maximum absolute atomic E-state index is 12.1. The zero-order valence-electron chi connectivity index (χ0n) is 13.7. The summed E-state index contributed by atoms with van der Waals surface area (Å²) in [5.74, 6) is -0.190. The molecule has 3 rings (SSSR count). The summed E-state index contributed by atoms with van der Waals surface area (Å²) in [6.45, 7) is 1.60. The van der Waals surface area contributed by atoms with Gasteiger partial charge in [-0.05, 0) is 30.5 Å². The number of anilines is 1. The van der Waals surface area contributed by atoms with Crippen LogP contribution in [0.5, 0.6) is 0 Å². The minimum atomic E-state index is -0.797. The number of nitrogens with two attached hydrogens (primary N) is 1. The predicted octanol–water partition coefficient (Wildman–Crippen LogP) is 2.90. The van der Waals surface area contributed by atoms with Crippen LogP contribution in [0.25, 0.3) is 10.8 Å². The number of amidine groups is 1. The molecule has 126 valence electrons. The number of hydrogen-bond acceptors (Lipinski definition) is 4. The number of oxime groups is 1. The van der Waals surface area contributed by atoms with E-state index in [4.69, 9.17) is 10.6 Å². The molecule has 1 amide bonds. The molecule has 0 aliphatic carbocycles. The third-order valence-electron chi connectivity index (χ3n) is 3.64. The summed E-state index contributed by atoms with van der Waals surface area (Å²) in [6, 6.07) is 18.7. The van der Waals surface area contributed by atoms with Crippen LogP contribution in [-0.2, 0) is 9.63 Å². The van der Waals surface area contributed by atoms with E-state index in [1.807, 2.05) is 48.5 Å². The zero-order valence-corrected chi connectivity index (χ0v) is 13.7. The number of pyridine rings is 1. The number of benzene rings is 2. The summed E-state index contributed by atoms with van der Waals surface area (Å²) >= 11 is 0. The van der Waals surface area contributed by atoms with E-state index in [-0.39, 0.29) is 11.7 Å². The van der Waals surface area contributed by atoms with E-state index < -0.39 is 6.10 Å². The number of fused-ring (bicyclic) bond motifs is 1. The van der Waals surface area contributed by atoms with Gasteiger partial charge in [0.15, 0.2) is 5.84 Å².